The zero-order valence-electron chi connectivity index (χ0n) is 27.4. The summed E-state index contributed by atoms with van der Waals surface area (Å²) in [5, 5.41) is 27.1. The quantitative estimate of drug-likeness (QED) is 0.176. The van der Waals surface area contributed by atoms with E-state index >= 15 is 0 Å². The van der Waals surface area contributed by atoms with Crippen molar-refractivity contribution in [2.24, 2.45) is 23.7 Å². The standard InChI is InChI=1S/C33H46F2N4O8/c1-6-10-22(27(41)30(44)37-23(32(46)47)15-19-11-8-7-9-12-19)36-28(42)25-20-13-14-33(34,35)21(20)16-39(25)31(45)24(17(2)3)38-29(43)26(40)18(4)5/h7-9,11-12,17-18,20-26,40H,6,10,13-16H2,1-5H3,(H,36,42)(H,37,44)(H,38,43)(H,46,47)/t20-,21-,22?,23-,24-,25-,26?/m0/s1. The minimum atomic E-state index is -3.16. The van der Waals surface area contributed by atoms with E-state index in [4.69, 9.17) is 0 Å². The Bertz CT molecular complexity index is 1320. The molecule has 1 heterocycles. The second-order valence-corrected chi connectivity index (χ2v) is 13.2. The molecule has 0 spiro atoms. The number of benzene rings is 1. The Balaban J connectivity index is 1.84. The lowest BCUT2D eigenvalue weighted by atomic mass is 9.91. The average Bonchev–Trinajstić information content (AvgIpc) is 3.55. The molecule has 4 amide bonds. The van der Waals surface area contributed by atoms with E-state index in [0.717, 1.165) is 4.90 Å². The van der Waals surface area contributed by atoms with E-state index in [1.807, 2.05) is 0 Å². The smallest absolute Gasteiger partial charge is 0.326 e. The van der Waals surface area contributed by atoms with Crippen molar-refractivity contribution in [2.75, 3.05) is 6.54 Å². The number of nitrogens with zero attached hydrogens (tertiary/aromatic N) is 1. The van der Waals surface area contributed by atoms with Crippen LogP contribution in [0.3, 0.4) is 0 Å². The SMILES string of the molecule is CCCC(NC(=O)[C@@H]1[C@H]2CCC(F)(F)[C@H]2CN1C(=O)[C@@H](NC(=O)C(O)C(C)C)C(C)C)C(=O)C(=O)N[C@@H](Cc1ccccc1)C(=O)O. The summed E-state index contributed by atoms with van der Waals surface area (Å²) in [4.78, 5) is 79.5. The first kappa shape index (κ1) is 37.5. The molecule has 1 aliphatic heterocycles. The van der Waals surface area contributed by atoms with Crippen molar-refractivity contribution in [2.45, 2.75) is 103 Å². The predicted octanol–water partition coefficient (Wildman–Crippen LogP) is 1.68. The summed E-state index contributed by atoms with van der Waals surface area (Å²) < 4.78 is 29.9. The third kappa shape index (κ3) is 8.91. The van der Waals surface area contributed by atoms with Crippen LogP contribution in [0.15, 0.2) is 30.3 Å². The first-order valence-electron chi connectivity index (χ1n) is 16.1. The Morgan fingerprint density at radius 2 is 1.60 bits per heavy atom. The van der Waals surface area contributed by atoms with Crippen LogP contribution in [0.4, 0.5) is 8.78 Å². The van der Waals surface area contributed by atoms with Gasteiger partial charge in [0.25, 0.3) is 11.8 Å². The number of carboxylic acids is 1. The lowest BCUT2D eigenvalue weighted by molar-refractivity contribution is -0.147. The van der Waals surface area contributed by atoms with Crippen molar-refractivity contribution in [3.8, 4) is 0 Å². The van der Waals surface area contributed by atoms with Gasteiger partial charge in [-0.25, -0.2) is 13.6 Å². The summed E-state index contributed by atoms with van der Waals surface area (Å²) in [6.07, 6.45) is -1.78. The molecule has 2 unspecified atom stereocenters. The van der Waals surface area contributed by atoms with Crippen LogP contribution in [-0.4, -0.2) is 93.2 Å². The molecular weight excluding hydrogens is 618 g/mol. The predicted molar refractivity (Wildman–Crippen MR) is 166 cm³/mol. The molecule has 1 aromatic carbocycles. The minimum Gasteiger partial charge on any atom is -0.480 e. The molecule has 1 aromatic rings. The number of hydrogen-bond acceptors (Lipinski definition) is 7. The number of hydrogen-bond donors (Lipinski definition) is 5. The summed E-state index contributed by atoms with van der Waals surface area (Å²) in [5.41, 5.74) is 0.606. The maximum absolute atomic E-state index is 15.0. The number of ketones is 1. The van der Waals surface area contributed by atoms with Crippen molar-refractivity contribution in [3.05, 3.63) is 35.9 Å². The maximum atomic E-state index is 15.0. The average molecular weight is 665 g/mol. The fourth-order valence-electron chi connectivity index (χ4n) is 6.31. The van der Waals surface area contributed by atoms with Crippen molar-refractivity contribution < 1.29 is 47.8 Å². The molecule has 5 N–H and O–H groups in total. The van der Waals surface area contributed by atoms with Crippen molar-refractivity contribution in [3.63, 3.8) is 0 Å². The molecule has 0 radical (unpaired) electrons. The van der Waals surface area contributed by atoms with Crippen LogP contribution in [0.1, 0.15) is 65.9 Å². The van der Waals surface area contributed by atoms with E-state index in [1.54, 1.807) is 65.0 Å². The summed E-state index contributed by atoms with van der Waals surface area (Å²) in [5.74, 6) is -12.7. The van der Waals surface area contributed by atoms with Gasteiger partial charge in [-0.3, -0.25) is 24.0 Å². The molecule has 260 valence electrons. The van der Waals surface area contributed by atoms with Gasteiger partial charge in [0.2, 0.25) is 23.5 Å². The van der Waals surface area contributed by atoms with E-state index < -0.39 is 108 Å². The summed E-state index contributed by atoms with van der Waals surface area (Å²) in [7, 11) is 0. The number of amides is 4. The van der Waals surface area contributed by atoms with Gasteiger partial charge in [0, 0.05) is 25.3 Å². The van der Waals surface area contributed by atoms with E-state index in [-0.39, 0.29) is 19.3 Å². The van der Waals surface area contributed by atoms with E-state index in [9.17, 15) is 47.8 Å². The van der Waals surface area contributed by atoms with Gasteiger partial charge in [-0.05, 0) is 36.2 Å². The number of likely N-dealkylation sites (tertiary alicyclic amines) is 1. The highest BCUT2D eigenvalue weighted by molar-refractivity contribution is 6.38. The number of halogens is 2. The normalized spacial score (nSPS) is 22.6. The summed E-state index contributed by atoms with van der Waals surface area (Å²) in [6, 6.07) is 2.95. The highest BCUT2D eigenvalue weighted by Gasteiger charge is 2.61. The number of carbonyl (C=O) groups excluding carboxylic acids is 5. The highest BCUT2D eigenvalue weighted by atomic mass is 19.3. The zero-order valence-corrected chi connectivity index (χ0v) is 27.4. The molecule has 2 fully saturated rings. The molecule has 2 aliphatic rings. The maximum Gasteiger partial charge on any atom is 0.326 e. The number of carbonyl (C=O) groups is 6. The Kier molecular flexibility index (Phi) is 12.6. The Morgan fingerprint density at radius 3 is 2.15 bits per heavy atom. The fraction of sp³-hybridized carbons (Fsp3) is 0.636. The van der Waals surface area contributed by atoms with Crippen LogP contribution in [0.5, 0.6) is 0 Å². The van der Waals surface area contributed by atoms with Crippen molar-refractivity contribution >= 4 is 35.4 Å². The van der Waals surface area contributed by atoms with E-state index in [1.165, 1.54) is 0 Å². The number of nitrogens with one attached hydrogen (secondary N) is 3. The molecule has 12 nitrogen and oxygen atoms in total. The minimum absolute atomic E-state index is 0.0168. The van der Waals surface area contributed by atoms with Gasteiger partial charge in [-0.2, -0.15) is 0 Å². The first-order valence-corrected chi connectivity index (χ1v) is 16.1. The number of aliphatic carboxylic acids is 1. The first-order chi connectivity index (χ1) is 22.0. The van der Waals surface area contributed by atoms with E-state index in [0.29, 0.717) is 12.0 Å². The molecular formula is C33H46F2N4O8. The molecule has 0 bridgehead atoms. The Hall–Kier alpha value is -3.94. The second kappa shape index (κ2) is 15.8. The number of carboxylic acid groups (broad SMARTS) is 1. The number of alkyl halides is 2. The number of Topliss-reactive ketones (excluding diaryl/α,β-unsaturated/α-hetero) is 1. The Morgan fingerprint density at radius 1 is 0.957 bits per heavy atom. The van der Waals surface area contributed by atoms with Gasteiger partial charge in [0.1, 0.15) is 24.2 Å². The van der Waals surface area contributed by atoms with Gasteiger partial charge >= 0.3 is 5.97 Å². The Labute approximate surface area is 273 Å². The number of aliphatic hydroxyl groups is 1. The molecule has 14 heteroatoms. The zero-order chi connectivity index (χ0) is 35.2. The molecule has 47 heavy (non-hydrogen) atoms. The third-order valence-corrected chi connectivity index (χ3v) is 9.01. The fourth-order valence-corrected chi connectivity index (χ4v) is 6.31. The third-order valence-electron chi connectivity index (χ3n) is 9.01. The topological polar surface area (TPSA) is 182 Å². The molecule has 3 rings (SSSR count). The lowest BCUT2D eigenvalue weighted by Gasteiger charge is -2.33. The summed E-state index contributed by atoms with van der Waals surface area (Å²) in [6.45, 7) is 7.71. The van der Waals surface area contributed by atoms with Gasteiger partial charge in [0.05, 0.1) is 6.04 Å². The molecule has 0 aromatic heterocycles. The van der Waals surface area contributed by atoms with Crippen LogP contribution in [0, 0.1) is 23.7 Å². The monoisotopic (exact) mass is 664 g/mol. The van der Waals surface area contributed by atoms with Gasteiger partial charge < -0.3 is 31.1 Å². The molecule has 1 saturated carbocycles. The van der Waals surface area contributed by atoms with Crippen LogP contribution in [0.25, 0.3) is 0 Å². The van der Waals surface area contributed by atoms with Gasteiger partial charge in [0.15, 0.2) is 0 Å². The highest BCUT2D eigenvalue weighted by Crippen LogP contribution is 2.51. The largest absolute Gasteiger partial charge is 0.480 e. The van der Waals surface area contributed by atoms with Crippen LogP contribution in [0.2, 0.25) is 0 Å². The molecule has 7 atom stereocenters. The van der Waals surface area contributed by atoms with E-state index in [2.05, 4.69) is 16.0 Å². The second-order valence-electron chi connectivity index (χ2n) is 13.2. The van der Waals surface area contributed by atoms with Crippen molar-refractivity contribution in [1.82, 2.24) is 20.9 Å². The lowest BCUT2D eigenvalue weighted by Crippen LogP contribution is -2.59. The molecule has 1 aliphatic carbocycles. The van der Waals surface area contributed by atoms with Crippen LogP contribution in [-0.2, 0) is 35.2 Å². The number of fused-ring (bicyclic) bond motifs is 1. The molecule has 1 saturated heterocycles. The number of aliphatic hydroxyl groups excluding tert-OH is 1. The van der Waals surface area contributed by atoms with Crippen LogP contribution < -0.4 is 16.0 Å². The van der Waals surface area contributed by atoms with Gasteiger partial charge in [-0.1, -0.05) is 71.4 Å². The number of rotatable bonds is 15. The van der Waals surface area contributed by atoms with Gasteiger partial charge in [-0.15, -0.1) is 0 Å². The summed E-state index contributed by atoms with van der Waals surface area (Å²) >= 11 is 0. The van der Waals surface area contributed by atoms with Crippen LogP contribution >= 0.6 is 0 Å². The van der Waals surface area contributed by atoms with Crippen molar-refractivity contribution in [1.29, 1.82) is 0 Å².